The summed E-state index contributed by atoms with van der Waals surface area (Å²) in [7, 11) is 1.65. The van der Waals surface area contributed by atoms with E-state index in [0.717, 1.165) is 5.56 Å². The highest BCUT2D eigenvalue weighted by atomic mass is 35.5. The summed E-state index contributed by atoms with van der Waals surface area (Å²) in [4.78, 5) is 14.6. The summed E-state index contributed by atoms with van der Waals surface area (Å²) in [6, 6.07) is 9.82. The molecule has 0 saturated carbocycles. The minimum Gasteiger partial charge on any atom is -0.486 e. The summed E-state index contributed by atoms with van der Waals surface area (Å²) in [5, 5.41) is 4.05. The molecule has 2 heterocycles. The lowest BCUT2D eigenvalue weighted by molar-refractivity contribution is 0.0783. The number of amides is 1. The van der Waals surface area contributed by atoms with Crippen LogP contribution in [0.15, 0.2) is 40.9 Å². The molecule has 0 radical (unpaired) electrons. The molecule has 1 aliphatic heterocycles. The zero-order valence-electron chi connectivity index (χ0n) is 15.9. The number of ether oxygens (including phenoxy) is 2. The van der Waals surface area contributed by atoms with Crippen LogP contribution in [0.5, 0.6) is 11.5 Å². The second kappa shape index (κ2) is 7.75. The number of hydrogen-bond donors (Lipinski definition) is 0. The number of halogens is 2. The van der Waals surface area contributed by atoms with E-state index in [9.17, 15) is 9.18 Å². The van der Waals surface area contributed by atoms with E-state index in [1.54, 1.807) is 14.0 Å². The lowest BCUT2D eigenvalue weighted by Crippen LogP contribution is -2.27. The first-order valence-corrected chi connectivity index (χ1v) is 9.38. The Kier molecular flexibility index (Phi) is 5.15. The molecular formula is C21H18ClFN2O4. The van der Waals surface area contributed by atoms with Gasteiger partial charge in [0.05, 0.1) is 10.6 Å². The van der Waals surface area contributed by atoms with Crippen LogP contribution in [0, 0.1) is 12.7 Å². The van der Waals surface area contributed by atoms with Gasteiger partial charge in [0.15, 0.2) is 11.5 Å². The number of hydrogen-bond acceptors (Lipinski definition) is 5. The molecule has 0 aliphatic carbocycles. The van der Waals surface area contributed by atoms with Crippen LogP contribution in [0.2, 0.25) is 5.02 Å². The molecule has 0 spiro atoms. The molecule has 0 unspecified atom stereocenters. The van der Waals surface area contributed by atoms with Gasteiger partial charge in [0, 0.05) is 13.6 Å². The van der Waals surface area contributed by atoms with E-state index in [1.165, 1.54) is 23.1 Å². The number of aromatic nitrogens is 1. The van der Waals surface area contributed by atoms with Crippen molar-refractivity contribution in [3.05, 3.63) is 64.1 Å². The first-order valence-electron chi connectivity index (χ1n) is 9.00. The maximum Gasteiger partial charge on any atom is 0.259 e. The summed E-state index contributed by atoms with van der Waals surface area (Å²) >= 11 is 6.15. The van der Waals surface area contributed by atoms with Gasteiger partial charge < -0.3 is 18.9 Å². The molecular weight excluding hydrogens is 399 g/mol. The third kappa shape index (κ3) is 3.65. The molecule has 0 atom stereocenters. The van der Waals surface area contributed by atoms with E-state index in [4.69, 9.17) is 25.6 Å². The van der Waals surface area contributed by atoms with Gasteiger partial charge in [-0.1, -0.05) is 28.9 Å². The number of carbonyl (C=O) groups excluding carboxylic acids is 1. The third-order valence-electron chi connectivity index (χ3n) is 4.65. The second-order valence-corrected chi connectivity index (χ2v) is 7.11. The molecule has 1 aromatic heterocycles. The minimum absolute atomic E-state index is 0.0436. The number of carbonyl (C=O) groups is 1. The van der Waals surface area contributed by atoms with Crippen molar-refractivity contribution in [3.63, 3.8) is 0 Å². The normalized spacial score (nSPS) is 12.7. The molecule has 0 bridgehead atoms. The van der Waals surface area contributed by atoms with Gasteiger partial charge in [-0.15, -0.1) is 0 Å². The fraction of sp³-hybridized carbons (Fsp3) is 0.238. The van der Waals surface area contributed by atoms with Crippen LogP contribution in [0.3, 0.4) is 0 Å². The molecule has 0 fully saturated rings. The van der Waals surface area contributed by atoms with Crippen LogP contribution in [-0.2, 0) is 6.54 Å². The van der Waals surface area contributed by atoms with Crippen molar-refractivity contribution in [2.24, 2.45) is 0 Å². The predicted octanol–water partition coefficient (Wildman–Crippen LogP) is 4.49. The number of rotatable bonds is 4. The molecule has 2 aromatic carbocycles. The molecule has 8 heteroatoms. The van der Waals surface area contributed by atoms with Crippen molar-refractivity contribution in [3.8, 4) is 22.8 Å². The number of nitrogens with zero attached hydrogens (tertiary/aromatic N) is 2. The first kappa shape index (κ1) is 19.3. The molecule has 150 valence electrons. The molecule has 0 saturated heterocycles. The summed E-state index contributed by atoms with van der Waals surface area (Å²) in [5.74, 6) is 0.690. The Morgan fingerprint density at radius 1 is 1.21 bits per heavy atom. The first-order chi connectivity index (χ1) is 14.0. The van der Waals surface area contributed by atoms with E-state index in [0.29, 0.717) is 37.0 Å². The van der Waals surface area contributed by atoms with Crippen molar-refractivity contribution in [2.45, 2.75) is 13.5 Å². The summed E-state index contributed by atoms with van der Waals surface area (Å²) < 4.78 is 30.7. The van der Waals surface area contributed by atoms with Gasteiger partial charge in [-0.25, -0.2) is 4.39 Å². The number of aryl methyl sites for hydroxylation is 1. The van der Waals surface area contributed by atoms with Gasteiger partial charge in [-0.3, -0.25) is 4.79 Å². The van der Waals surface area contributed by atoms with E-state index in [-0.39, 0.29) is 27.8 Å². The zero-order chi connectivity index (χ0) is 20.5. The lowest BCUT2D eigenvalue weighted by atomic mass is 10.0. The SMILES string of the molecule is Cc1onc(-c2c(F)cccc2Cl)c1C(=O)N(C)Cc1ccc2c(c1)OCCO2. The van der Waals surface area contributed by atoms with Gasteiger partial charge in [0.2, 0.25) is 0 Å². The molecule has 29 heavy (non-hydrogen) atoms. The second-order valence-electron chi connectivity index (χ2n) is 6.70. The van der Waals surface area contributed by atoms with E-state index < -0.39 is 5.82 Å². The summed E-state index contributed by atoms with van der Waals surface area (Å²) in [5.41, 5.74) is 1.17. The van der Waals surface area contributed by atoms with Crippen LogP contribution in [0.4, 0.5) is 4.39 Å². The predicted molar refractivity (Wildman–Crippen MR) is 105 cm³/mol. The van der Waals surface area contributed by atoms with Crippen molar-refractivity contribution >= 4 is 17.5 Å². The topological polar surface area (TPSA) is 64.8 Å². The standard InChI is InChI=1S/C21H18ClFN2O4/c1-12-18(20(24-29-12)19-14(22)4-3-5-15(19)23)21(26)25(2)11-13-6-7-16-17(10-13)28-9-8-27-16/h3-7,10H,8-9,11H2,1-2H3. The maximum absolute atomic E-state index is 14.4. The Labute approximate surface area is 171 Å². The van der Waals surface area contributed by atoms with E-state index in [1.807, 2.05) is 18.2 Å². The molecule has 6 nitrogen and oxygen atoms in total. The average molecular weight is 417 g/mol. The Morgan fingerprint density at radius 3 is 2.72 bits per heavy atom. The molecule has 3 aromatic rings. The van der Waals surface area contributed by atoms with Gasteiger partial charge in [0.25, 0.3) is 5.91 Å². The highest BCUT2D eigenvalue weighted by molar-refractivity contribution is 6.33. The van der Waals surface area contributed by atoms with Crippen molar-refractivity contribution < 1.29 is 23.2 Å². The maximum atomic E-state index is 14.4. The van der Waals surface area contributed by atoms with E-state index in [2.05, 4.69) is 5.16 Å². The van der Waals surface area contributed by atoms with Gasteiger partial charge in [-0.2, -0.15) is 0 Å². The molecule has 1 aliphatic rings. The number of fused-ring (bicyclic) bond motifs is 1. The highest BCUT2D eigenvalue weighted by Crippen LogP contribution is 2.35. The fourth-order valence-corrected chi connectivity index (χ4v) is 3.49. The minimum atomic E-state index is -0.575. The van der Waals surface area contributed by atoms with Crippen LogP contribution in [0.25, 0.3) is 11.3 Å². The third-order valence-corrected chi connectivity index (χ3v) is 4.96. The zero-order valence-corrected chi connectivity index (χ0v) is 16.6. The van der Waals surface area contributed by atoms with Crippen LogP contribution in [0.1, 0.15) is 21.7 Å². The van der Waals surface area contributed by atoms with Gasteiger partial charge in [-0.05, 0) is 36.8 Å². The highest BCUT2D eigenvalue weighted by Gasteiger charge is 2.27. The largest absolute Gasteiger partial charge is 0.486 e. The lowest BCUT2D eigenvalue weighted by Gasteiger charge is -2.21. The monoisotopic (exact) mass is 416 g/mol. The fourth-order valence-electron chi connectivity index (χ4n) is 3.24. The van der Waals surface area contributed by atoms with Crippen molar-refractivity contribution in [1.82, 2.24) is 10.1 Å². The Hall–Kier alpha value is -3.06. The Bertz CT molecular complexity index is 1060. The van der Waals surface area contributed by atoms with Gasteiger partial charge >= 0.3 is 0 Å². The van der Waals surface area contributed by atoms with E-state index >= 15 is 0 Å². The molecule has 1 amide bonds. The van der Waals surface area contributed by atoms with Crippen LogP contribution < -0.4 is 9.47 Å². The number of benzene rings is 2. The average Bonchev–Trinajstić information content (AvgIpc) is 3.08. The molecule has 0 N–H and O–H groups in total. The quantitative estimate of drug-likeness (QED) is 0.627. The van der Waals surface area contributed by atoms with Crippen molar-refractivity contribution in [1.29, 1.82) is 0 Å². The summed E-state index contributed by atoms with van der Waals surface area (Å²) in [6.45, 7) is 2.91. The Balaban J connectivity index is 1.63. The smallest absolute Gasteiger partial charge is 0.259 e. The van der Waals surface area contributed by atoms with Crippen LogP contribution >= 0.6 is 11.6 Å². The Morgan fingerprint density at radius 2 is 1.97 bits per heavy atom. The van der Waals surface area contributed by atoms with Crippen LogP contribution in [-0.4, -0.2) is 36.2 Å². The summed E-state index contributed by atoms with van der Waals surface area (Å²) in [6.07, 6.45) is 0. The van der Waals surface area contributed by atoms with Crippen molar-refractivity contribution in [2.75, 3.05) is 20.3 Å². The molecule has 4 rings (SSSR count). The van der Waals surface area contributed by atoms with Gasteiger partial charge in [0.1, 0.15) is 36.0 Å².